The summed E-state index contributed by atoms with van der Waals surface area (Å²) in [6, 6.07) is 11.1. The number of rotatable bonds is 4. The number of aromatic nitrogens is 3. The van der Waals surface area contributed by atoms with E-state index in [1.165, 1.54) is 0 Å². The van der Waals surface area contributed by atoms with Gasteiger partial charge in [0.25, 0.3) is 0 Å². The molecular formula is C22H25N5O3S. The van der Waals surface area contributed by atoms with E-state index in [0.717, 1.165) is 16.8 Å². The number of amides is 2. The molecule has 3 aromatic rings. The maximum atomic E-state index is 12.7. The van der Waals surface area contributed by atoms with Gasteiger partial charge in [0.15, 0.2) is 9.84 Å². The fourth-order valence-electron chi connectivity index (χ4n) is 3.88. The molecule has 1 aromatic carbocycles. The number of sulfone groups is 1. The zero-order valence-corrected chi connectivity index (χ0v) is 18.5. The number of aryl methyl sites for hydroxylation is 2. The molecule has 0 radical (unpaired) electrons. The first-order valence-corrected chi connectivity index (χ1v) is 11.9. The van der Waals surface area contributed by atoms with Gasteiger partial charge in [0.1, 0.15) is 0 Å². The van der Waals surface area contributed by atoms with Gasteiger partial charge in [-0.05, 0) is 38.8 Å². The lowest BCUT2D eigenvalue weighted by molar-refractivity contribution is 0.262. The van der Waals surface area contributed by atoms with Crippen molar-refractivity contribution in [3.05, 3.63) is 59.7 Å². The van der Waals surface area contributed by atoms with Crippen LogP contribution in [0.4, 0.5) is 16.2 Å². The molecule has 4 rings (SSSR count). The first-order chi connectivity index (χ1) is 14.7. The van der Waals surface area contributed by atoms with Crippen molar-refractivity contribution in [2.75, 3.05) is 22.1 Å². The van der Waals surface area contributed by atoms with Crippen LogP contribution >= 0.6 is 0 Å². The van der Waals surface area contributed by atoms with Crippen LogP contribution in [0.3, 0.4) is 0 Å². The van der Waals surface area contributed by atoms with E-state index in [1.807, 2.05) is 50.2 Å². The number of anilines is 2. The van der Waals surface area contributed by atoms with E-state index < -0.39 is 15.9 Å². The summed E-state index contributed by atoms with van der Waals surface area (Å²) >= 11 is 0. The minimum atomic E-state index is -3.03. The molecule has 1 aliphatic rings. The van der Waals surface area contributed by atoms with Gasteiger partial charge in [0, 0.05) is 11.8 Å². The molecule has 31 heavy (non-hydrogen) atoms. The molecule has 9 heteroatoms. The minimum Gasteiger partial charge on any atom is -0.306 e. The van der Waals surface area contributed by atoms with E-state index in [2.05, 4.69) is 20.7 Å². The summed E-state index contributed by atoms with van der Waals surface area (Å²) in [6.45, 7) is 5.47. The van der Waals surface area contributed by atoms with E-state index in [4.69, 9.17) is 0 Å². The highest BCUT2D eigenvalue weighted by Crippen LogP contribution is 2.29. The first kappa shape index (κ1) is 21.0. The zero-order chi connectivity index (χ0) is 22.2. The minimum absolute atomic E-state index is 0.0811. The van der Waals surface area contributed by atoms with Crippen molar-refractivity contribution >= 4 is 27.2 Å². The van der Waals surface area contributed by atoms with E-state index in [0.29, 0.717) is 29.2 Å². The van der Waals surface area contributed by atoms with Gasteiger partial charge >= 0.3 is 6.03 Å². The highest BCUT2D eigenvalue weighted by molar-refractivity contribution is 7.91. The van der Waals surface area contributed by atoms with Crippen LogP contribution in [0.1, 0.15) is 29.5 Å². The van der Waals surface area contributed by atoms with E-state index in [9.17, 15) is 13.2 Å². The average molecular weight is 440 g/mol. The maximum absolute atomic E-state index is 12.7. The Morgan fingerprint density at radius 2 is 1.81 bits per heavy atom. The lowest BCUT2D eigenvalue weighted by Crippen LogP contribution is -2.21. The van der Waals surface area contributed by atoms with Gasteiger partial charge in [-0.15, -0.1) is 0 Å². The van der Waals surface area contributed by atoms with Crippen LogP contribution in [0.15, 0.2) is 42.6 Å². The standard InChI is InChI=1S/C22H25N5O3S/c1-14-20(11-18(12-23-14)17-7-5-4-6-8-17)24-22(28)25-21-15(2)26-27(16(21)3)19-9-10-31(29,30)13-19/h4-8,11-12,19H,9-10,13H2,1-3H3,(H2,24,25,28). The monoisotopic (exact) mass is 439 g/mol. The van der Waals surface area contributed by atoms with Gasteiger partial charge in [-0.25, -0.2) is 13.2 Å². The molecule has 8 nitrogen and oxygen atoms in total. The number of urea groups is 1. The zero-order valence-electron chi connectivity index (χ0n) is 17.7. The molecular weight excluding hydrogens is 414 g/mol. The Balaban J connectivity index is 1.52. The average Bonchev–Trinajstić information content (AvgIpc) is 3.23. The third kappa shape index (κ3) is 4.46. The van der Waals surface area contributed by atoms with E-state index in [-0.39, 0.29) is 17.5 Å². The van der Waals surface area contributed by atoms with Crippen LogP contribution in [0.2, 0.25) is 0 Å². The smallest absolute Gasteiger partial charge is 0.306 e. The predicted octanol–water partition coefficient (Wildman–Crippen LogP) is 3.87. The van der Waals surface area contributed by atoms with E-state index >= 15 is 0 Å². The van der Waals surface area contributed by atoms with Crippen LogP contribution in [0, 0.1) is 20.8 Å². The number of hydrogen-bond acceptors (Lipinski definition) is 5. The van der Waals surface area contributed by atoms with Crippen molar-refractivity contribution in [2.45, 2.75) is 33.2 Å². The van der Waals surface area contributed by atoms with Crippen LogP contribution < -0.4 is 10.6 Å². The molecule has 1 aliphatic heterocycles. The Hall–Kier alpha value is -3.20. The number of hydrogen-bond donors (Lipinski definition) is 2. The maximum Gasteiger partial charge on any atom is 0.323 e. The Labute approximate surface area is 181 Å². The Bertz CT molecular complexity index is 1240. The Kier molecular flexibility index (Phi) is 5.53. The summed E-state index contributed by atoms with van der Waals surface area (Å²) in [5.74, 6) is 0.251. The summed E-state index contributed by atoms with van der Waals surface area (Å²) in [7, 11) is -3.03. The molecule has 1 saturated heterocycles. The normalized spacial score (nSPS) is 17.5. The fraction of sp³-hybridized carbons (Fsp3) is 0.318. The van der Waals surface area contributed by atoms with Gasteiger partial charge in [-0.2, -0.15) is 5.10 Å². The largest absolute Gasteiger partial charge is 0.323 e. The molecule has 2 N–H and O–H groups in total. The second-order valence-corrected chi connectivity index (χ2v) is 10.1. The number of nitrogens with zero attached hydrogens (tertiary/aromatic N) is 3. The Morgan fingerprint density at radius 3 is 2.48 bits per heavy atom. The van der Waals surface area contributed by atoms with Gasteiger partial charge in [0.05, 0.1) is 46.0 Å². The molecule has 1 unspecified atom stereocenters. The number of carbonyl (C=O) groups excluding carboxylic acids is 1. The summed E-state index contributed by atoms with van der Waals surface area (Å²) in [4.78, 5) is 17.1. The molecule has 0 aliphatic carbocycles. The molecule has 2 aromatic heterocycles. The van der Waals surface area contributed by atoms with Gasteiger partial charge in [0.2, 0.25) is 0 Å². The van der Waals surface area contributed by atoms with Crippen LogP contribution in [-0.4, -0.2) is 40.7 Å². The second kappa shape index (κ2) is 8.14. The molecule has 162 valence electrons. The summed E-state index contributed by atoms with van der Waals surface area (Å²) in [5, 5.41) is 10.2. The van der Waals surface area contributed by atoms with Gasteiger partial charge in [-0.1, -0.05) is 30.3 Å². The van der Waals surface area contributed by atoms with Crippen molar-refractivity contribution in [3.8, 4) is 11.1 Å². The first-order valence-electron chi connectivity index (χ1n) is 10.1. The lowest BCUT2D eigenvalue weighted by Gasteiger charge is -2.13. The fourth-order valence-corrected chi connectivity index (χ4v) is 5.57. The molecule has 3 heterocycles. The Morgan fingerprint density at radius 1 is 1.06 bits per heavy atom. The number of carbonyl (C=O) groups is 1. The third-order valence-corrected chi connectivity index (χ3v) is 7.31. The van der Waals surface area contributed by atoms with Crippen LogP contribution in [0.5, 0.6) is 0 Å². The summed E-state index contributed by atoms with van der Waals surface area (Å²) < 4.78 is 25.4. The molecule has 0 bridgehead atoms. The number of nitrogens with one attached hydrogen (secondary N) is 2. The number of pyridine rings is 1. The van der Waals surface area contributed by atoms with Gasteiger partial charge in [-0.3, -0.25) is 9.67 Å². The SMILES string of the molecule is Cc1ncc(-c2ccccc2)cc1NC(=O)Nc1c(C)nn(C2CCS(=O)(=O)C2)c1C. The lowest BCUT2D eigenvalue weighted by atomic mass is 10.1. The quantitative estimate of drug-likeness (QED) is 0.642. The number of benzene rings is 1. The summed E-state index contributed by atoms with van der Waals surface area (Å²) in [6.07, 6.45) is 2.31. The van der Waals surface area contributed by atoms with Crippen molar-refractivity contribution in [2.24, 2.45) is 0 Å². The molecule has 0 saturated carbocycles. The summed E-state index contributed by atoms with van der Waals surface area (Å²) in [5.41, 5.74) is 5.21. The van der Waals surface area contributed by atoms with E-state index in [1.54, 1.807) is 17.8 Å². The van der Waals surface area contributed by atoms with Crippen molar-refractivity contribution in [1.29, 1.82) is 0 Å². The molecule has 1 fully saturated rings. The molecule has 0 spiro atoms. The molecule has 1 atom stereocenters. The van der Waals surface area contributed by atoms with Gasteiger partial charge < -0.3 is 10.6 Å². The highest BCUT2D eigenvalue weighted by Gasteiger charge is 2.31. The van der Waals surface area contributed by atoms with Crippen molar-refractivity contribution in [1.82, 2.24) is 14.8 Å². The third-order valence-electron chi connectivity index (χ3n) is 5.56. The highest BCUT2D eigenvalue weighted by atomic mass is 32.2. The van der Waals surface area contributed by atoms with Crippen LogP contribution in [-0.2, 0) is 9.84 Å². The van der Waals surface area contributed by atoms with Crippen molar-refractivity contribution < 1.29 is 13.2 Å². The second-order valence-electron chi connectivity index (χ2n) is 7.85. The van der Waals surface area contributed by atoms with Crippen LogP contribution in [0.25, 0.3) is 11.1 Å². The molecule has 2 amide bonds. The predicted molar refractivity (Wildman–Crippen MR) is 121 cm³/mol. The van der Waals surface area contributed by atoms with Crippen molar-refractivity contribution in [3.63, 3.8) is 0 Å². The topological polar surface area (TPSA) is 106 Å².